The van der Waals surface area contributed by atoms with Crippen LogP contribution in [-0.2, 0) is 11.3 Å². The number of piperidine rings is 1. The van der Waals surface area contributed by atoms with Gasteiger partial charge in [-0.15, -0.1) is 0 Å². The Morgan fingerprint density at radius 2 is 1.81 bits per heavy atom. The Morgan fingerprint density at radius 3 is 2.56 bits per heavy atom. The minimum absolute atomic E-state index is 0.000995. The molecular formula is C31H39N7O5. The normalized spacial score (nSPS) is 20.2. The molecule has 2 N–H and O–H groups in total. The van der Waals surface area contributed by atoms with Gasteiger partial charge in [-0.3, -0.25) is 14.5 Å². The second kappa shape index (κ2) is 13.5. The third-order valence-corrected chi connectivity index (χ3v) is 8.30. The van der Waals surface area contributed by atoms with Crippen LogP contribution >= 0.6 is 0 Å². The first-order chi connectivity index (χ1) is 21.0. The van der Waals surface area contributed by atoms with Gasteiger partial charge in [0.2, 0.25) is 0 Å². The summed E-state index contributed by atoms with van der Waals surface area (Å²) in [6.45, 7) is 7.69. The second-order valence-electron chi connectivity index (χ2n) is 11.7. The van der Waals surface area contributed by atoms with Gasteiger partial charge in [0.25, 0.3) is 17.8 Å². The summed E-state index contributed by atoms with van der Waals surface area (Å²) in [6.07, 6.45) is 8.87. The smallest absolute Gasteiger partial charge is 0.316 e. The fourth-order valence-corrected chi connectivity index (χ4v) is 5.88. The van der Waals surface area contributed by atoms with Crippen molar-refractivity contribution in [3.8, 4) is 6.01 Å². The number of nitrogens with zero attached hydrogens (tertiary/aromatic N) is 5. The fraction of sp³-hybridized carbons (Fsp3) is 0.516. The SMILES string of the molecule is C[C@H]1CCN(Cc2ccc(NC(=O)c3coc(N4CCC(Oc5ncccn5)CC4)n3)c(C(=O)NC3CCOCC3)c2)C1. The van der Waals surface area contributed by atoms with Gasteiger partial charge in [0.1, 0.15) is 12.4 Å². The van der Waals surface area contributed by atoms with E-state index in [0.29, 0.717) is 55.5 Å². The number of carbonyl (C=O) groups is 2. The summed E-state index contributed by atoms with van der Waals surface area (Å²) >= 11 is 0. The standard InChI is InChI=1S/C31H39N7O5/c1-21-5-12-37(18-21)19-22-3-4-26(25(17-22)28(39)34-23-8-15-41-16-9-23)35-29(40)27-20-42-31(36-27)38-13-6-24(7-14-38)43-30-32-10-2-11-33-30/h2-4,10-11,17,20-21,23-24H,5-9,12-16,18-19H2,1H3,(H,34,39)(H,35,40)/t21-/m0/s1. The van der Waals surface area contributed by atoms with Crippen LogP contribution in [0.25, 0.3) is 0 Å². The lowest BCUT2D eigenvalue weighted by atomic mass is 10.0. The number of hydrogen-bond acceptors (Lipinski definition) is 10. The van der Waals surface area contributed by atoms with Crippen LogP contribution in [-0.4, -0.2) is 83.2 Å². The van der Waals surface area contributed by atoms with Crippen LogP contribution in [0.1, 0.15) is 65.4 Å². The Hall–Kier alpha value is -4.03. The lowest BCUT2D eigenvalue weighted by molar-refractivity contribution is 0.0697. The number of amides is 2. The lowest BCUT2D eigenvalue weighted by Crippen LogP contribution is -2.39. The number of aromatic nitrogens is 3. The zero-order valence-corrected chi connectivity index (χ0v) is 24.5. The number of rotatable bonds is 9. The molecule has 3 aromatic rings. The molecule has 3 saturated heterocycles. The molecule has 43 heavy (non-hydrogen) atoms. The van der Waals surface area contributed by atoms with Gasteiger partial charge < -0.3 is 29.4 Å². The monoisotopic (exact) mass is 589 g/mol. The molecule has 6 rings (SSSR count). The van der Waals surface area contributed by atoms with Crippen molar-refractivity contribution in [1.82, 2.24) is 25.2 Å². The van der Waals surface area contributed by atoms with Crippen LogP contribution in [0.15, 0.2) is 47.3 Å². The van der Waals surface area contributed by atoms with Gasteiger partial charge in [-0.25, -0.2) is 9.97 Å². The van der Waals surface area contributed by atoms with E-state index in [4.69, 9.17) is 13.9 Å². The summed E-state index contributed by atoms with van der Waals surface area (Å²) in [7, 11) is 0. The minimum Gasteiger partial charge on any atom is -0.460 e. The van der Waals surface area contributed by atoms with Gasteiger partial charge in [-0.2, -0.15) is 4.98 Å². The highest BCUT2D eigenvalue weighted by Gasteiger charge is 2.26. The van der Waals surface area contributed by atoms with Crippen molar-refractivity contribution in [2.75, 3.05) is 49.6 Å². The van der Waals surface area contributed by atoms with Gasteiger partial charge in [-0.05, 0) is 55.5 Å². The molecule has 2 aromatic heterocycles. The van der Waals surface area contributed by atoms with Crippen LogP contribution in [0.2, 0.25) is 0 Å². The van der Waals surface area contributed by atoms with E-state index >= 15 is 0 Å². The first kappa shape index (κ1) is 29.1. The van der Waals surface area contributed by atoms with Crippen LogP contribution in [0.4, 0.5) is 11.7 Å². The molecule has 0 spiro atoms. The molecule has 0 radical (unpaired) electrons. The van der Waals surface area contributed by atoms with Gasteiger partial charge in [0, 0.05) is 70.7 Å². The highest BCUT2D eigenvalue weighted by molar-refractivity contribution is 6.08. The first-order valence-electron chi connectivity index (χ1n) is 15.2. The van der Waals surface area contributed by atoms with Crippen molar-refractivity contribution in [2.45, 2.75) is 57.7 Å². The highest BCUT2D eigenvalue weighted by atomic mass is 16.5. The molecule has 0 aliphatic carbocycles. The summed E-state index contributed by atoms with van der Waals surface area (Å²) in [5.74, 6) is 0.0344. The molecule has 0 bridgehead atoms. The molecule has 1 atom stereocenters. The van der Waals surface area contributed by atoms with Gasteiger partial charge in [-0.1, -0.05) is 13.0 Å². The van der Waals surface area contributed by atoms with Crippen molar-refractivity contribution in [1.29, 1.82) is 0 Å². The Kier molecular flexibility index (Phi) is 9.13. The number of ether oxygens (including phenoxy) is 2. The number of oxazole rings is 1. The summed E-state index contributed by atoms with van der Waals surface area (Å²) < 4.78 is 17.0. The Morgan fingerprint density at radius 1 is 1.02 bits per heavy atom. The Balaban J connectivity index is 1.11. The van der Waals surface area contributed by atoms with E-state index in [-0.39, 0.29) is 23.7 Å². The Bertz CT molecular complexity index is 1390. The van der Waals surface area contributed by atoms with Crippen molar-refractivity contribution in [3.63, 3.8) is 0 Å². The fourth-order valence-electron chi connectivity index (χ4n) is 5.88. The molecule has 228 valence electrons. The van der Waals surface area contributed by atoms with Gasteiger partial charge in [0.05, 0.1) is 11.3 Å². The maximum Gasteiger partial charge on any atom is 0.316 e. The predicted molar refractivity (Wildman–Crippen MR) is 159 cm³/mol. The summed E-state index contributed by atoms with van der Waals surface area (Å²) in [4.78, 5) is 43.9. The average Bonchev–Trinajstić information content (AvgIpc) is 3.69. The van der Waals surface area contributed by atoms with Crippen LogP contribution in [0.5, 0.6) is 6.01 Å². The molecule has 3 aliphatic heterocycles. The zero-order chi connectivity index (χ0) is 29.6. The topological polar surface area (TPSA) is 135 Å². The van der Waals surface area contributed by atoms with Crippen LogP contribution < -0.4 is 20.3 Å². The number of benzene rings is 1. The molecule has 5 heterocycles. The number of hydrogen-bond donors (Lipinski definition) is 2. The van der Waals surface area contributed by atoms with E-state index in [9.17, 15) is 9.59 Å². The predicted octanol–water partition coefficient (Wildman–Crippen LogP) is 3.52. The highest BCUT2D eigenvalue weighted by Crippen LogP contribution is 2.25. The number of anilines is 2. The van der Waals surface area contributed by atoms with E-state index in [1.807, 2.05) is 23.1 Å². The van der Waals surface area contributed by atoms with E-state index in [1.165, 1.54) is 12.7 Å². The van der Waals surface area contributed by atoms with E-state index in [1.54, 1.807) is 18.5 Å². The molecular weight excluding hydrogens is 550 g/mol. The molecule has 12 heteroatoms. The second-order valence-corrected chi connectivity index (χ2v) is 11.7. The molecule has 2 amide bonds. The van der Waals surface area contributed by atoms with Crippen LogP contribution in [0.3, 0.4) is 0 Å². The van der Waals surface area contributed by atoms with Gasteiger partial charge >= 0.3 is 6.01 Å². The first-order valence-corrected chi connectivity index (χ1v) is 15.2. The van der Waals surface area contributed by atoms with E-state index < -0.39 is 5.91 Å². The number of carbonyl (C=O) groups excluding carboxylic acids is 2. The lowest BCUT2D eigenvalue weighted by Gasteiger charge is -2.30. The Labute approximate surface area is 251 Å². The average molecular weight is 590 g/mol. The zero-order valence-electron chi connectivity index (χ0n) is 24.5. The summed E-state index contributed by atoms with van der Waals surface area (Å²) in [5.41, 5.74) is 2.08. The molecule has 3 fully saturated rings. The van der Waals surface area contributed by atoms with Crippen LogP contribution in [0, 0.1) is 5.92 Å². The quantitative estimate of drug-likeness (QED) is 0.382. The van der Waals surface area contributed by atoms with E-state index in [0.717, 1.165) is 50.9 Å². The van der Waals surface area contributed by atoms with Gasteiger partial charge in [0.15, 0.2) is 5.69 Å². The maximum absolute atomic E-state index is 13.5. The summed E-state index contributed by atoms with van der Waals surface area (Å²) in [6, 6.07) is 8.23. The third-order valence-electron chi connectivity index (χ3n) is 8.30. The molecule has 12 nitrogen and oxygen atoms in total. The third kappa shape index (κ3) is 7.49. The molecule has 0 saturated carbocycles. The van der Waals surface area contributed by atoms with Crippen molar-refractivity contribution >= 4 is 23.5 Å². The molecule has 1 aromatic carbocycles. The molecule has 0 unspecified atom stereocenters. The number of nitrogens with one attached hydrogen (secondary N) is 2. The number of likely N-dealkylation sites (tertiary alicyclic amines) is 1. The largest absolute Gasteiger partial charge is 0.460 e. The molecule has 3 aliphatic rings. The van der Waals surface area contributed by atoms with E-state index in [2.05, 4.69) is 37.4 Å². The minimum atomic E-state index is -0.435. The van der Waals surface area contributed by atoms with Crippen molar-refractivity contribution in [3.05, 3.63) is 59.7 Å². The summed E-state index contributed by atoms with van der Waals surface area (Å²) in [5, 5.41) is 6.05. The van der Waals surface area contributed by atoms with Crippen molar-refractivity contribution in [2.24, 2.45) is 5.92 Å². The maximum atomic E-state index is 13.5. The van der Waals surface area contributed by atoms with Crippen molar-refractivity contribution < 1.29 is 23.5 Å².